The maximum atomic E-state index is 11.4. The topological polar surface area (TPSA) is 85.8 Å². The average molecular weight is 410 g/mol. The summed E-state index contributed by atoms with van der Waals surface area (Å²) in [5.41, 5.74) is 2.53. The van der Waals surface area contributed by atoms with Gasteiger partial charge in [0, 0.05) is 26.2 Å². The van der Waals surface area contributed by atoms with Crippen LogP contribution in [-0.4, -0.2) is 57.8 Å². The van der Waals surface area contributed by atoms with Gasteiger partial charge >= 0.3 is 0 Å². The van der Waals surface area contributed by atoms with Gasteiger partial charge < -0.3 is 10.6 Å². The fraction of sp³-hybridized carbons (Fsp3) is 0.650. The van der Waals surface area contributed by atoms with Crippen LogP contribution < -0.4 is 15.4 Å². The molecule has 1 aromatic rings. The second-order valence-corrected chi connectivity index (χ2v) is 9.17. The number of sulfonamides is 1. The van der Waals surface area contributed by atoms with E-state index in [1.165, 1.54) is 37.1 Å². The molecule has 0 amide bonds. The van der Waals surface area contributed by atoms with Gasteiger partial charge in [0.15, 0.2) is 5.96 Å². The van der Waals surface area contributed by atoms with E-state index >= 15 is 0 Å². The standard InChI is InChI=1S/C20H35N5O2S/c1-3-21-20(22-12-7-13-24-28(26,27)4-2)23-16-18-8-10-19(11-9-18)17-25-14-5-6-15-25/h8-11,24H,3-7,12-17H2,1-2H3,(H2,21,22,23). The number of rotatable bonds is 11. The molecule has 0 bridgehead atoms. The Balaban J connectivity index is 1.76. The van der Waals surface area contributed by atoms with Crippen molar-refractivity contribution < 1.29 is 8.42 Å². The van der Waals surface area contributed by atoms with Crippen molar-refractivity contribution in [2.45, 2.75) is 46.2 Å². The molecule has 8 heteroatoms. The van der Waals surface area contributed by atoms with Crippen molar-refractivity contribution in [2.24, 2.45) is 4.99 Å². The third-order valence-corrected chi connectivity index (χ3v) is 6.14. The molecule has 28 heavy (non-hydrogen) atoms. The molecule has 1 fully saturated rings. The zero-order chi connectivity index (χ0) is 20.2. The molecule has 0 spiro atoms. The predicted octanol–water partition coefficient (Wildman–Crippen LogP) is 1.67. The highest BCUT2D eigenvalue weighted by Crippen LogP contribution is 2.13. The number of hydrogen-bond donors (Lipinski definition) is 3. The van der Waals surface area contributed by atoms with Crippen molar-refractivity contribution in [3.63, 3.8) is 0 Å². The highest BCUT2D eigenvalue weighted by molar-refractivity contribution is 7.89. The number of nitrogens with one attached hydrogen (secondary N) is 3. The molecular formula is C20H35N5O2S. The third-order valence-electron chi connectivity index (χ3n) is 4.74. The Bertz CT molecular complexity index is 698. The van der Waals surface area contributed by atoms with E-state index in [9.17, 15) is 8.42 Å². The summed E-state index contributed by atoms with van der Waals surface area (Å²) in [6.07, 6.45) is 3.34. The van der Waals surface area contributed by atoms with Crippen LogP contribution in [0.4, 0.5) is 0 Å². The second-order valence-electron chi connectivity index (χ2n) is 7.07. The van der Waals surface area contributed by atoms with Crippen LogP contribution in [0, 0.1) is 0 Å². The molecule has 3 N–H and O–H groups in total. The predicted molar refractivity (Wildman–Crippen MR) is 116 cm³/mol. The van der Waals surface area contributed by atoms with Crippen LogP contribution in [0.3, 0.4) is 0 Å². The highest BCUT2D eigenvalue weighted by Gasteiger charge is 2.11. The van der Waals surface area contributed by atoms with Gasteiger partial charge in [-0.2, -0.15) is 0 Å². The average Bonchev–Trinajstić information content (AvgIpc) is 3.20. The molecule has 1 aliphatic heterocycles. The molecule has 7 nitrogen and oxygen atoms in total. The Labute approximate surface area is 170 Å². The lowest BCUT2D eigenvalue weighted by atomic mass is 10.1. The first-order valence-corrected chi connectivity index (χ1v) is 12.0. The minimum Gasteiger partial charge on any atom is -0.357 e. The number of nitrogens with zero attached hydrogens (tertiary/aromatic N) is 2. The molecule has 1 saturated heterocycles. The largest absolute Gasteiger partial charge is 0.357 e. The summed E-state index contributed by atoms with van der Waals surface area (Å²) < 4.78 is 25.4. The number of likely N-dealkylation sites (tertiary alicyclic amines) is 1. The monoisotopic (exact) mass is 409 g/mol. The fourth-order valence-electron chi connectivity index (χ4n) is 3.09. The van der Waals surface area contributed by atoms with Crippen LogP contribution in [0.2, 0.25) is 0 Å². The lowest BCUT2D eigenvalue weighted by Gasteiger charge is -2.14. The molecule has 1 aliphatic rings. The quantitative estimate of drug-likeness (QED) is 0.294. The molecule has 0 atom stereocenters. The van der Waals surface area contributed by atoms with Crippen LogP contribution in [0.15, 0.2) is 29.3 Å². The van der Waals surface area contributed by atoms with Crippen LogP contribution in [0.1, 0.15) is 44.2 Å². The van der Waals surface area contributed by atoms with Crippen molar-refractivity contribution in [1.82, 2.24) is 20.3 Å². The third kappa shape index (κ3) is 8.58. The van der Waals surface area contributed by atoms with Gasteiger partial charge in [0.05, 0.1) is 12.3 Å². The zero-order valence-corrected chi connectivity index (χ0v) is 18.0. The summed E-state index contributed by atoms with van der Waals surface area (Å²) in [7, 11) is -3.11. The Morgan fingerprint density at radius 3 is 2.36 bits per heavy atom. The molecule has 158 valence electrons. The van der Waals surface area contributed by atoms with Crippen LogP contribution in [-0.2, 0) is 23.1 Å². The molecule has 0 unspecified atom stereocenters. The van der Waals surface area contributed by atoms with E-state index in [2.05, 4.69) is 49.5 Å². The molecule has 0 aromatic heterocycles. The Morgan fingerprint density at radius 1 is 1.04 bits per heavy atom. The van der Waals surface area contributed by atoms with E-state index in [4.69, 9.17) is 0 Å². The van der Waals surface area contributed by atoms with Gasteiger partial charge in [0.25, 0.3) is 0 Å². The molecule has 0 saturated carbocycles. The summed E-state index contributed by atoms with van der Waals surface area (Å²) >= 11 is 0. The molecule has 0 aliphatic carbocycles. The Kier molecular flexibility index (Phi) is 9.73. The Hall–Kier alpha value is -1.64. The normalized spacial score (nSPS) is 15.7. The lowest BCUT2D eigenvalue weighted by Crippen LogP contribution is -2.38. The summed E-state index contributed by atoms with van der Waals surface area (Å²) in [4.78, 5) is 7.13. The highest BCUT2D eigenvalue weighted by atomic mass is 32.2. The van der Waals surface area contributed by atoms with Gasteiger partial charge in [-0.05, 0) is 57.3 Å². The summed E-state index contributed by atoms with van der Waals surface area (Å²) in [5, 5.41) is 6.48. The fourth-order valence-corrected chi connectivity index (χ4v) is 3.75. The van der Waals surface area contributed by atoms with Gasteiger partial charge in [0.2, 0.25) is 10.0 Å². The molecule has 1 heterocycles. The first kappa shape index (κ1) is 22.6. The minimum absolute atomic E-state index is 0.112. The smallest absolute Gasteiger partial charge is 0.211 e. The van der Waals surface area contributed by atoms with Crippen molar-refractivity contribution in [3.05, 3.63) is 35.4 Å². The van der Waals surface area contributed by atoms with Crippen LogP contribution >= 0.6 is 0 Å². The summed E-state index contributed by atoms with van der Waals surface area (Å²) in [5.74, 6) is 0.864. The summed E-state index contributed by atoms with van der Waals surface area (Å²) in [6.45, 7) is 9.61. The second kappa shape index (κ2) is 12.0. The number of guanidine groups is 1. The first-order valence-electron chi connectivity index (χ1n) is 10.3. The van der Waals surface area contributed by atoms with Crippen molar-refractivity contribution >= 4 is 16.0 Å². The van der Waals surface area contributed by atoms with Gasteiger partial charge in [0.1, 0.15) is 0 Å². The van der Waals surface area contributed by atoms with E-state index in [0.717, 1.165) is 19.0 Å². The van der Waals surface area contributed by atoms with Crippen molar-refractivity contribution in [1.29, 1.82) is 0 Å². The SMILES string of the molecule is CCNC(=NCc1ccc(CN2CCCC2)cc1)NCCCNS(=O)(=O)CC. The molecule has 1 aromatic carbocycles. The maximum Gasteiger partial charge on any atom is 0.211 e. The molecule has 2 rings (SSSR count). The summed E-state index contributed by atoms with van der Waals surface area (Å²) in [6, 6.07) is 8.70. The first-order chi connectivity index (χ1) is 13.5. The molecule has 0 radical (unpaired) electrons. The minimum atomic E-state index is -3.11. The van der Waals surface area contributed by atoms with Crippen molar-refractivity contribution in [3.8, 4) is 0 Å². The van der Waals surface area contributed by atoms with Gasteiger partial charge in [-0.25, -0.2) is 18.1 Å². The van der Waals surface area contributed by atoms with E-state index in [1.54, 1.807) is 6.92 Å². The van der Waals surface area contributed by atoms with Gasteiger partial charge in [-0.15, -0.1) is 0 Å². The van der Waals surface area contributed by atoms with Crippen molar-refractivity contribution in [2.75, 3.05) is 38.5 Å². The number of hydrogen-bond acceptors (Lipinski definition) is 4. The van der Waals surface area contributed by atoms with Crippen LogP contribution in [0.5, 0.6) is 0 Å². The number of aliphatic imine (C=N–C) groups is 1. The van der Waals surface area contributed by atoms with E-state index < -0.39 is 10.0 Å². The maximum absolute atomic E-state index is 11.4. The number of benzene rings is 1. The van der Waals surface area contributed by atoms with Gasteiger partial charge in [-0.3, -0.25) is 4.90 Å². The van der Waals surface area contributed by atoms with E-state index in [-0.39, 0.29) is 5.75 Å². The van der Waals surface area contributed by atoms with E-state index in [0.29, 0.717) is 26.1 Å². The van der Waals surface area contributed by atoms with E-state index in [1.807, 2.05) is 6.92 Å². The lowest BCUT2D eigenvalue weighted by molar-refractivity contribution is 0.331. The zero-order valence-electron chi connectivity index (χ0n) is 17.2. The Morgan fingerprint density at radius 2 is 1.71 bits per heavy atom. The molecular weight excluding hydrogens is 374 g/mol. The van der Waals surface area contributed by atoms with Gasteiger partial charge in [-0.1, -0.05) is 24.3 Å². The van der Waals surface area contributed by atoms with Crippen LogP contribution in [0.25, 0.3) is 0 Å².